The van der Waals surface area contributed by atoms with Crippen LogP contribution in [0.4, 0.5) is 0 Å². The van der Waals surface area contributed by atoms with E-state index in [0.29, 0.717) is 12.0 Å². The van der Waals surface area contributed by atoms with Gasteiger partial charge in [0.05, 0.1) is 7.11 Å². The highest BCUT2D eigenvalue weighted by molar-refractivity contribution is 5.37. The van der Waals surface area contributed by atoms with Crippen molar-refractivity contribution >= 4 is 0 Å². The Labute approximate surface area is 97.8 Å². The van der Waals surface area contributed by atoms with Crippen LogP contribution in [-0.4, -0.2) is 13.2 Å². The minimum atomic E-state index is 0.334. The SMILES string of the molecule is COc1ccc(C2CCCCC2N)c(C)c1. The molecule has 2 rings (SSSR count). The maximum Gasteiger partial charge on any atom is 0.119 e. The normalized spacial score (nSPS) is 25.4. The molecule has 0 radical (unpaired) electrons. The van der Waals surface area contributed by atoms with Crippen molar-refractivity contribution in [2.45, 2.75) is 44.6 Å². The summed E-state index contributed by atoms with van der Waals surface area (Å²) in [6, 6.07) is 6.67. The van der Waals surface area contributed by atoms with Crippen LogP contribution < -0.4 is 10.5 Å². The summed E-state index contributed by atoms with van der Waals surface area (Å²) < 4.78 is 5.23. The summed E-state index contributed by atoms with van der Waals surface area (Å²) in [6.45, 7) is 2.15. The van der Waals surface area contributed by atoms with Gasteiger partial charge in [0, 0.05) is 6.04 Å². The number of ether oxygens (including phenoxy) is 1. The van der Waals surface area contributed by atoms with E-state index >= 15 is 0 Å². The summed E-state index contributed by atoms with van der Waals surface area (Å²) in [4.78, 5) is 0. The second-order valence-electron chi connectivity index (χ2n) is 4.78. The van der Waals surface area contributed by atoms with Crippen molar-refractivity contribution in [2.24, 2.45) is 5.73 Å². The Morgan fingerprint density at radius 1 is 1.25 bits per heavy atom. The highest BCUT2D eigenvalue weighted by Gasteiger charge is 2.24. The van der Waals surface area contributed by atoms with Crippen LogP contribution in [0.1, 0.15) is 42.7 Å². The molecular weight excluding hydrogens is 198 g/mol. The third kappa shape index (κ3) is 2.22. The third-order valence-corrected chi connectivity index (χ3v) is 3.70. The largest absolute Gasteiger partial charge is 0.497 e. The molecule has 0 heterocycles. The first-order valence-electron chi connectivity index (χ1n) is 6.12. The molecule has 88 valence electrons. The van der Waals surface area contributed by atoms with Crippen LogP contribution in [0.5, 0.6) is 5.75 Å². The average Bonchev–Trinajstić information content (AvgIpc) is 2.30. The summed E-state index contributed by atoms with van der Waals surface area (Å²) in [7, 11) is 1.71. The van der Waals surface area contributed by atoms with Gasteiger partial charge in [-0.3, -0.25) is 0 Å². The molecule has 2 unspecified atom stereocenters. The maximum atomic E-state index is 6.22. The molecule has 0 amide bonds. The van der Waals surface area contributed by atoms with Crippen LogP contribution in [0.15, 0.2) is 18.2 Å². The summed E-state index contributed by atoms with van der Waals surface area (Å²) in [5.74, 6) is 1.48. The summed E-state index contributed by atoms with van der Waals surface area (Å²) >= 11 is 0. The van der Waals surface area contributed by atoms with Gasteiger partial charge in [-0.05, 0) is 48.9 Å². The Bertz CT molecular complexity index is 362. The molecule has 0 saturated heterocycles. The van der Waals surface area contributed by atoms with Gasteiger partial charge in [0.15, 0.2) is 0 Å². The lowest BCUT2D eigenvalue weighted by molar-refractivity contribution is 0.383. The first-order chi connectivity index (χ1) is 7.72. The number of aryl methyl sites for hydroxylation is 1. The fourth-order valence-corrected chi connectivity index (χ4v) is 2.74. The Morgan fingerprint density at radius 3 is 2.62 bits per heavy atom. The molecule has 0 spiro atoms. The van der Waals surface area contributed by atoms with Crippen LogP contribution in [0.2, 0.25) is 0 Å². The molecule has 2 heteroatoms. The van der Waals surface area contributed by atoms with Crippen molar-refractivity contribution < 1.29 is 4.74 Å². The maximum absolute atomic E-state index is 6.22. The predicted octanol–water partition coefficient (Wildman–Crippen LogP) is 2.99. The molecule has 1 aliphatic rings. The fourth-order valence-electron chi connectivity index (χ4n) is 2.74. The van der Waals surface area contributed by atoms with Gasteiger partial charge in [0.25, 0.3) is 0 Å². The molecule has 1 fully saturated rings. The zero-order valence-electron chi connectivity index (χ0n) is 10.2. The van der Waals surface area contributed by atoms with Gasteiger partial charge in [-0.1, -0.05) is 18.9 Å². The molecule has 2 N–H and O–H groups in total. The Balaban J connectivity index is 2.25. The van der Waals surface area contributed by atoms with Crippen molar-refractivity contribution in [3.63, 3.8) is 0 Å². The first-order valence-corrected chi connectivity index (χ1v) is 6.12. The first kappa shape index (κ1) is 11.5. The van der Waals surface area contributed by atoms with Gasteiger partial charge in [0.2, 0.25) is 0 Å². The van der Waals surface area contributed by atoms with Gasteiger partial charge in [0.1, 0.15) is 5.75 Å². The van der Waals surface area contributed by atoms with E-state index in [-0.39, 0.29) is 0 Å². The van der Waals surface area contributed by atoms with Gasteiger partial charge in [-0.25, -0.2) is 0 Å². The van der Waals surface area contributed by atoms with Crippen LogP contribution in [-0.2, 0) is 0 Å². The zero-order chi connectivity index (χ0) is 11.5. The monoisotopic (exact) mass is 219 g/mol. The Morgan fingerprint density at radius 2 is 2.00 bits per heavy atom. The molecular formula is C14H21NO. The van der Waals surface area contributed by atoms with Crippen molar-refractivity contribution in [3.8, 4) is 5.75 Å². The van der Waals surface area contributed by atoms with Crippen LogP contribution >= 0.6 is 0 Å². The lowest BCUT2D eigenvalue weighted by atomic mass is 9.79. The topological polar surface area (TPSA) is 35.2 Å². The molecule has 2 nitrogen and oxygen atoms in total. The van der Waals surface area contributed by atoms with Crippen molar-refractivity contribution in [1.29, 1.82) is 0 Å². The number of hydrogen-bond donors (Lipinski definition) is 1. The number of rotatable bonds is 2. The standard InChI is InChI=1S/C14H21NO/c1-10-9-11(16-2)7-8-12(10)13-5-3-4-6-14(13)15/h7-9,13-14H,3-6,15H2,1-2H3. The van der Waals surface area contributed by atoms with E-state index in [4.69, 9.17) is 10.5 Å². The lowest BCUT2D eigenvalue weighted by Gasteiger charge is -2.30. The van der Waals surface area contributed by atoms with Crippen molar-refractivity contribution in [2.75, 3.05) is 7.11 Å². The summed E-state index contributed by atoms with van der Waals surface area (Å²) in [6.07, 6.45) is 4.99. The van der Waals surface area contributed by atoms with Crippen molar-refractivity contribution in [1.82, 2.24) is 0 Å². The summed E-state index contributed by atoms with van der Waals surface area (Å²) in [5, 5.41) is 0. The molecule has 1 saturated carbocycles. The van der Waals surface area contributed by atoms with E-state index in [2.05, 4.69) is 19.1 Å². The highest BCUT2D eigenvalue weighted by atomic mass is 16.5. The predicted molar refractivity (Wildman–Crippen MR) is 66.9 cm³/mol. The number of benzene rings is 1. The highest BCUT2D eigenvalue weighted by Crippen LogP contribution is 2.34. The molecule has 0 aromatic heterocycles. The molecule has 1 aromatic rings. The quantitative estimate of drug-likeness (QED) is 0.830. The second-order valence-corrected chi connectivity index (χ2v) is 4.78. The number of hydrogen-bond acceptors (Lipinski definition) is 2. The Hall–Kier alpha value is -1.02. The van der Waals surface area contributed by atoms with Crippen LogP contribution in [0.25, 0.3) is 0 Å². The minimum absolute atomic E-state index is 0.334. The van der Waals surface area contributed by atoms with Gasteiger partial charge in [-0.15, -0.1) is 0 Å². The van der Waals surface area contributed by atoms with E-state index < -0.39 is 0 Å². The average molecular weight is 219 g/mol. The Kier molecular flexibility index (Phi) is 3.49. The van der Waals surface area contributed by atoms with Gasteiger partial charge >= 0.3 is 0 Å². The van der Waals surface area contributed by atoms with E-state index in [1.807, 2.05) is 6.07 Å². The third-order valence-electron chi connectivity index (χ3n) is 3.70. The lowest BCUT2D eigenvalue weighted by Crippen LogP contribution is -2.31. The fraction of sp³-hybridized carbons (Fsp3) is 0.571. The number of nitrogens with two attached hydrogens (primary N) is 1. The van der Waals surface area contributed by atoms with E-state index in [0.717, 1.165) is 12.2 Å². The van der Waals surface area contributed by atoms with E-state index in [9.17, 15) is 0 Å². The van der Waals surface area contributed by atoms with Crippen LogP contribution in [0, 0.1) is 6.92 Å². The molecule has 2 atom stereocenters. The second kappa shape index (κ2) is 4.88. The van der Waals surface area contributed by atoms with E-state index in [1.54, 1.807) is 7.11 Å². The molecule has 16 heavy (non-hydrogen) atoms. The molecule has 1 aliphatic carbocycles. The minimum Gasteiger partial charge on any atom is -0.497 e. The zero-order valence-corrected chi connectivity index (χ0v) is 10.2. The van der Waals surface area contributed by atoms with Gasteiger partial charge < -0.3 is 10.5 Å². The molecule has 0 bridgehead atoms. The smallest absolute Gasteiger partial charge is 0.119 e. The summed E-state index contributed by atoms with van der Waals surface area (Å²) in [5.41, 5.74) is 8.94. The van der Waals surface area contributed by atoms with Gasteiger partial charge in [-0.2, -0.15) is 0 Å². The van der Waals surface area contributed by atoms with Crippen molar-refractivity contribution in [3.05, 3.63) is 29.3 Å². The van der Waals surface area contributed by atoms with E-state index in [1.165, 1.54) is 30.4 Å². The van der Waals surface area contributed by atoms with Crippen LogP contribution in [0.3, 0.4) is 0 Å². The number of methoxy groups -OCH3 is 1. The molecule has 0 aliphatic heterocycles. The molecule has 1 aromatic carbocycles.